The fraction of sp³-hybridized carbons (Fsp3) is 0.355. The van der Waals surface area contributed by atoms with Gasteiger partial charge in [0.2, 0.25) is 0 Å². The number of primary amides is 1. The number of phenols is 1. The van der Waals surface area contributed by atoms with Crippen molar-refractivity contribution in [3.8, 4) is 16.9 Å². The summed E-state index contributed by atoms with van der Waals surface area (Å²) < 4.78 is 0. The summed E-state index contributed by atoms with van der Waals surface area (Å²) in [5.41, 5.74) is 8.25. The molecule has 0 aromatic heterocycles. The van der Waals surface area contributed by atoms with Gasteiger partial charge in [-0.15, -0.1) is 0 Å². The number of nitrogens with one attached hydrogen (secondary N) is 1. The third kappa shape index (κ3) is 4.21. The maximum Gasteiger partial charge on any atom is 0.254 e. The van der Waals surface area contributed by atoms with E-state index in [-0.39, 0.29) is 39.7 Å². The molecule has 10 nitrogen and oxygen atoms in total. The van der Waals surface area contributed by atoms with Gasteiger partial charge in [0.05, 0.1) is 28.8 Å². The van der Waals surface area contributed by atoms with Crippen molar-refractivity contribution in [2.24, 2.45) is 23.5 Å². The molecule has 1 amide bonds. The summed E-state index contributed by atoms with van der Waals surface area (Å²) in [6, 6.07) is 7.95. The van der Waals surface area contributed by atoms with Crippen LogP contribution in [0.25, 0.3) is 16.9 Å². The highest BCUT2D eigenvalue weighted by Gasteiger charge is 2.54. The van der Waals surface area contributed by atoms with Gasteiger partial charge in [-0.3, -0.25) is 14.4 Å². The van der Waals surface area contributed by atoms with Crippen LogP contribution in [-0.4, -0.2) is 77.6 Å². The maximum absolute atomic E-state index is 14.1. The number of amides is 1. The van der Waals surface area contributed by atoms with Gasteiger partial charge in [-0.25, -0.2) is 0 Å². The smallest absolute Gasteiger partial charge is 0.254 e. The van der Waals surface area contributed by atoms with E-state index in [2.05, 4.69) is 0 Å². The number of benzene rings is 2. The predicted molar refractivity (Wildman–Crippen MR) is 155 cm³/mol. The van der Waals surface area contributed by atoms with E-state index < -0.39 is 41.2 Å². The zero-order valence-corrected chi connectivity index (χ0v) is 23.6. The Morgan fingerprint density at radius 1 is 1.05 bits per heavy atom. The molecule has 6 N–H and O–H groups in total. The van der Waals surface area contributed by atoms with Gasteiger partial charge in [-0.05, 0) is 62.9 Å². The lowest BCUT2D eigenvalue weighted by Gasteiger charge is -2.47. The molecule has 3 aliphatic rings. The minimum atomic E-state index is -1.16. The molecule has 5 rings (SSSR count). The normalized spacial score (nSPS) is 23.8. The van der Waals surface area contributed by atoms with Crippen LogP contribution in [0.3, 0.4) is 0 Å². The van der Waals surface area contributed by atoms with E-state index in [1.54, 1.807) is 43.3 Å². The van der Waals surface area contributed by atoms with Crippen LogP contribution >= 0.6 is 0 Å². The van der Waals surface area contributed by atoms with Gasteiger partial charge >= 0.3 is 0 Å². The molecule has 10 heteroatoms. The Bertz CT molecular complexity index is 1580. The van der Waals surface area contributed by atoms with Crippen LogP contribution in [0.4, 0.5) is 5.69 Å². The van der Waals surface area contributed by atoms with Crippen molar-refractivity contribution in [3.63, 3.8) is 0 Å². The van der Waals surface area contributed by atoms with Crippen LogP contribution in [0.1, 0.15) is 34.8 Å². The number of rotatable bonds is 5. The largest absolute Gasteiger partial charge is 0.511 e. The first-order chi connectivity index (χ1) is 19.3. The molecule has 0 spiro atoms. The van der Waals surface area contributed by atoms with Gasteiger partial charge in [-0.1, -0.05) is 24.3 Å². The highest BCUT2D eigenvalue weighted by Crippen LogP contribution is 2.53. The van der Waals surface area contributed by atoms with Crippen LogP contribution in [-0.2, 0) is 16.0 Å². The zero-order chi connectivity index (χ0) is 30.1. The fourth-order valence-electron chi connectivity index (χ4n) is 6.88. The Labute approximate surface area is 237 Å². The summed E-state index contributed by atoms with van der Waals surface area (Å²) in [6.45, 7) is 1.47. The molecule has 0 aliphatic heterocycles. The van der Waals surface area contributed by atoms with Crippen molar-refractivity contribution >= 4 is 34.6 Å². The summed E-state index contributed by atoms with van der Waals surface area (Å²) >= 11 is 0. The summed E-state index contributed by atoms with van der Waals surface area (Å²) in [6.07, 6.45) is 0.702. The number of carbonyl (C=O) groups is 3. The Morgan fingerprint density at radius 3 is 2.22 bits per heavy atom. The maximum atomic E-state index is 14.1. The number of aliphatic hydroxyl groups excluding tert-OH is 2. The second-order valence-electron chi connectivity index (χ2n) is 11.5. The van der Waals surface area contributed by atoms with E-state index in [4.69, 9.17) is 11.1 Å². The van der Waals surface area contributed by atoms with Gasteiger partial charge in [0.25, 0.3) is 5.91 Å². The first-order valence-electron chi connectivity index (χ1n) is 13.4. The Balaban J connectivity index is 1.71. The molecule has 1 saturated carbocycles. The zero-order valence-electron chi connectivity index (χ0n) is 23.6. The second-order valence-corrected chi connectivity index (χ2v) is 11.5. The number of anilines is 1. The van der Waals surface area contributed by atoms with Crippen LogP contribution in [0.2, 0.25) is 0 Å². The average Bonchev–Trinajstić information content (AvgIpc) is 2.87. The van der Waals surface area contributed by atoms with Crippen molar-refractivity contribution in [1.29, 1.82) is 5.41 Å². The molecule has 2 aromatic carbocycles. The molecule has 2 aromatic rings. The topological polar surface area (TPSA) is 168 Å². The van der Waals surface area contributed by atoms with Crippen molar-refractivity contribution in [3.05, 3.63) is 63.9 Å². The van der Waals surface area contributed by atoms with Gasteiger partial charge in [0.1, 0.15) is 17.3 Å². The number of allylic oxidation sites excluding steroid dienone is 2. The molecule has 0 saturated heterocycles. The summed E-state index contributed by atoms with van der Waals surface area (Å²) in [5, 5.41) is 42.9. The number of hydrogen-bond acceptors (Lipinski definition) is 9. The van der Waals surface area contributed by atoms with Crippen molar-refractivity contribution in [2.45, 2.75) is 25.8 Å². The van der Waals surface area contributed by atoms with Crippen molar-refractivity contribution < 1.29 is 29.7 Å². The Hall–Kier alpha value is -4.44. The van der Waals surface area contributed by atoms with E-state index in [1.807, 2.05) is 25.1 Å². The average molecular weight is 559 g/mol. The fourth-order valence-corrected chi connectivity index (χ4v) is 6.88. The molecule has 0 bridgehead atoms. The first kappa shape index (κ1) is 28.1. The lowest BCUT2D eigenvalue weighted by atomic mass is 9.59. The number of nitrogens with zero attached hydrogens (tertiary/aromatic N) is 2. The SMILES string of the molecule is CC(=O)c1ccc(-c2cc(N(C)C)c3c(c2O)C(O)=C2C(=O)C4C(O)=C(C(N)=O)C(=N)[C@@H](N(C)C)[C@@H]4C[C@@H]2C3)cc1. The molecule has 1 fully saturated rings. The van der Waals surface area contributed by atoms with E-state index >= 15 is 0 Å². The van der Waals surface area contributed by atoms with Crippen molar-refractivity contribution in [2.75, 3.05) is 33.1 Å². The number of hydrogen-bond donors (Lipinski definition) is 5. The van der Waals surface area contributed by atoms with Gasteiger partial charge in [0.15, 0.2) is 11.6 Å². The lowest BCUT2D eigenvalue weighted by Crippen LogP contribution is -2.56. The minimum absolute atomic E-state index is 0.0872. The number of ketones is 2. The summed E-state index contributed by atoms with van der Waals surface area (Å²) in [5.74, 6) is -4.86. The third-order valence-electron chi connectivity index (χ3n) is 8.68. The van der Waals surface area contributed by atoms with Crippen molar-refractivity contribution in [1.82, 2.24) is 4.90 Å². The lowest BCUT2D eigenvalue weighted by molar-refractivity contribution is -0.124. The van der Waals surface area contributed by atoms with Gasteiger partial charge in [0, 0.05) is 36.5 Å². The Kier molecular flexibility index (Phi) is 6.77. The number of phenolic OH excluding ortho intramolecular Hbond substituents is 1. The molecule has 41 heavy (non-hydrogen) atoms. The quantitative estimate of drug-likeness (QED) is 0.349. The van der Waals surface area contributed by atoms with Gasteiger partial charge < -0.3 is 36.3 Å². The molecule has 1 unspecified atom stereocenters. The molecule has 0 radical (unpaired) electrons. The molecular weight excluding hydrogens is 524 g/mol. The van der Waals surface area contributed by atoms with E-state index in [0.717, 1.165) is 5.69 Å². The van der Waals surface area contributed by atoms with Crippen LogP contribution < -0.4 is 10.6 Å². The van der Waals surface area contributed by atoms with Crippen LogP contribution in [0.15, 0.2) is 47.2 Å². The summed E-state index contributed by atoms with van der Waals surface area (Å²) in [7, 11) is 7.19. The van der Waals surface area contributed by atoms with Crippen LogP contribution in [0.5, 0.6) is 5.75 Å². The first-order valence-corrected chi connectivity index (χ1v) is 13.4. The molecule has 0 heterocycles. The minimum Gasteiger partial charge on any atom is -0.511 e. The highest BCUT2D eigenvalue weighted by molar-refractivity contribution is 6.24. The van der Waals surface area contributed by atoms with E-state index in [1.165, 1.54) is 6.92 Å². The third-order valence-corrected chi connectivity index (χ3v) is 8.68. The number of carbonyl (C=O) groups excluding carboxylic acids is 3. The van der Waals surface area contributed by atoms with E-state index in [9.17, 15) is 29.7 Å². The molecule has 3 aliphatic carbocycles. The monoisotopic (exact) mass is 558 g/mol. The van der Waals surface area contributed by atoms with Gasteiger partial charge in [-0.2, -0.15) is 0 Å². The number of aromatic hydroxyl groups is 1. The standard InChI is InChI=1S/C31H34N4O6/c1-13(36)14-6-8-15(9-7-14)17-12-20(34(2)3)18-10-16-11-19-23(29(39)21(16)28(38)22(18)27(17)37)30(40)24(31(33)41)25(32)26(19)35(4)5/h6-9,12,16,19,23,26,32,37-38,40H,10-11H2,1-5H3,(H2,33,41)/t16-,19+,23?,26-/m0/s1. The van der Waals surface area contributed by atoms with Crippen LogP contribution in [0, 0.1) is 23.2 Å². The number of aliphatic hydroxyl groups is 2. The predicted octanol–water partition coefficient (Wildman–Crippen LogP) is 3.24. The second kappa shape index (κ2) is 9.88. The molecular formula is C31H34N4O6. The Morgan fingerprint density at radius 2 is 1.68 bits per heavy atom. The molecule has 4 atom stereocenters. The highest BCUT2D eigenvalue weighted by atomic mass is 16.3. The number of fused-ring (bicyclic) bond motifs is 3. The molecule has 214 valence electrons. The number of nitrogens with two attached hydrogens (primary N) is 1. The number of Topliss-reactive ketones (excluding diaryl/α,β-unsaturated/α-hetero) is 2. The summed E-state index contributed by atoms with van der Waals surface area (Å²) in [4.78, 5) is 41.7. The van der Waals surface area contributed by atoms with E-state index in [0.29, 0.717) is 35.1 Å².